The molecule has 1 aromatic carbocycles. The van der Waals surface area contributed by atoms with Gasteiger partial charge >= 0.3 is 0 Å². The van der Waals surface area contributed by atoms with E-state index in [0.717, 1.165) is 0 Å². The van der Waals surface area contributed by atoms with Gasteiger partial charge in [0.25, 0.3) is 5.91 Å². The van der Waals surface area contributed by atoms with Crippen molar-refractivity contribution in [2.45, 2.75) is 20.0 Å². The molecule has 0 bridgehead atoms. The molecule has 0 radical (unpaired) electrons. The minimum absolute atomic E-state index is 0.108. The van der Waals surface area contributed by atoms with Crippen molar-refractivity contribution in [2.75, 3.05) is 0 Å². The average molecular weight is 238 g/mol. The third-order valence-corrected chi connectivity index (χ3v) is 2.73. The summed E-state index contributed by atoms with van der Waals surface area (Å²) in [5.41, 5.74) is 0.667. The van der Waals surface area contributed by atoms with Crippen LogP contribution in [0.5, 0.6) is 0 Å². The zero-order chi connectivity index (χ0) is 11.7. The second kappa shape index (κ2) is 4.26. The quantitative estimate of drug-likeness (QED) is 0.793. The minimum Gasteiger partial charge on any atom is -0.463 e. The third kappa shape index (κ3) is 1.95. The topological polar surface area (TPSA) is 38.7 Å². The Labute approximate surface area is 99.1 Å². The van der Waals surface area contributed by atoms with Gasteiger partial charge < -0.3 is 4.74 Å². The Kier molecular flexibility index (Phi) is 2.97. The Morgan fingerprint density at radius 2 is 2.06 bits per heavy atom. The lowest BCUT2D eigenvalue weighted by molar-refractivity contribution is -0.124. The van der Waals surface area contributed by atoms with Crippen LogP contribution < -0.4 is 0 Å². The van der Waals surface area contributed by atoms with Gasteiger partial charge in [0.2, 0.25) is 5.90 Å². The van der Waals surface area contributed by atoms with Gasteiger partial charge in [0, 0.05) is 0 Å². The zero-order valence-corrected chi connectivity index (χ0v) is 9.86. The first kappa shape index (κ1) is 11.1. The molecule has 0 fully saturated rings. The van der Waals surface area contributed by atoms with Crippen LogP contribution in [-0.4, -0.2) is 17.9 Å². The maximum absolute atomic E-state index is 11.6. The highest BCUT2D eigenvalue weighted by atomic mass is 35.5. The number of aliphatic imine (C=N–C) groups is 1. The van der Waals surface area contributed by atoms with Gasteiger partial charge in [0.05, 0.1) is 10.6 Å². The number of carbonyl (C=O) groups is 1. The molecule has 4 heteroatoms. The predicted molar refractivity (Wildman–Crippen MR) is 62.7 cm³/mol. The molecule has 0 aliphatic carbocycles. The molecule has 16 heavy (non-hydrogen) atoms. The van der Waals surface area contributed by atoms with E-state index < -0.39 is 6.10 Å². The van der Waals surface area contributed by atoms with E-state index in [-0.39, 0.29) is 11.8 Å². The van der Waals surface area contributed by atoms with Crippen molar-refractivity contribution in [1.82, 2.24) is 0 Å². The number of ether oxygens (including phenoxy) is 1. The molecule has 1 aromatic rings. The molecule has 0 saturated carbocycles. The molecule has 0 spiro atoms. The molecule has 0 N–H and O–H groups in total. The number of benzene rings is 1. The lowest BCUT2D eigenvalue weighted by Crippen LogP contribution is -2.24. The van der Waals surface area contributed by atoms with E-state index in [1.54, 1.807) is 12.1 Å². The summed E-state index contributed by atoms with van der Waals surface area (Å²) in [7, 11) is 0. The minimum atomic E-state index is -0.480. The summed E-state index contributed by atoms with van der Waals surface area (Å²) in [6.45, 7) is 3.85. The van der Waals surface area contributed by atoms with E-state index >= 15 is 0 Å². The van der Waals surface area contributed by atoms with Crippen LogP contribution in [0.4, 0.5) is 0 Å². The van der Waals surface area contributed by atoms with Gasteiger partial charge in [-0.1, -0.05) is 37.6 Å². The summed E-state index contributed by atoms with van der Waals surface area (Å²) < 4.78 is 5.52. The third-order valence-electron chi connectivity index (χ3n) is 2.40. The van der Waals surface area contributed by atoms with E-state index in [1.807, 2.05) is 26.0 Å². The molecule has 0 aromatic heterocycles. The largest absolute Gasteiger partial charge is 0.463 e. The molecule has 84 valence electrons. The van der Waals surface area contributed by atoms with Gasteiger partial charge in [-0.15, -0.1) is 0 Å². The van der Waals surface area contributed by atoms with Crippen molar-refractivity contribution >= 4 is 23.4 Å². The fourth-order valence-corrected chi connectivity index (χ4v) is 1.76. The standard InChI is InChI=1S/C12H12ClNO2/c1-7(2)10-11(15)14-12(16-10)8-5-3-4-6-9(8)13/h3-7,10H,1-2H3. The van der Waals surface area contributed by atoms with E-state index in [2.05, 4.69) is 4.99 Å². The Hall–Kier alpha value is -1.35. The van der Waals surface area contributed by atoms with Crippen LogP contribution in [0, 0.1) is 5.92 Å². The molecule has 2 rings (SSSR count). The fourth-order valence-electron chi connectivity index (χ4n) is 1.54. The van der Waals surface area contributed by atoms with Gasteiger partial charge in [-0.25, -0.2) is 0 Å². The predicted octanol–water partition coefficient (Wildman–Crippen LogP) is 2.67. The fraction of sp³-hybridized carbons (Fsp3) is 0.333. The van der Waals surface area contributed by atoms with Crippen LogP contribution in [0.3, 0.4) is 0 Å². The summed E-state index contributed by atoms with van der Waals surface area (Å²) in [6.07, 6.45) is -0.480. The number of hydrogen-bond acceptors (Lipinski definition) is 2. The summed E-state index contributed by atoms with van der Waals surface area (Å²) in [5.74, 6) is 0.204. The average Bonchev–Trinajstić information content (AvgIpc) is 2.61. The summed E-state index contributed by atoms with van der Waals surface area (Å²) in [6, 6.07) is 7.19. The summed E-state index contributed by atoms with van der Waals surface area (Å²) in [4.78, 5) is 15.4. The number of halogens is 1. The van der Waals surface area contributed by atoms with Gasteiger partial charge in [-0.2, -0.15) is 4.99 Å². The number of nitrogens with zero attached hydrogens (tertiary/aromatic N) is 1. The van der Waals surface area contributed by atoms with Crippen LogP contribution >= 0.6 is 11.6 Å². The van der Waals surface area contributed by atoms with E-state index in [0.29, 0.717) is 16.5 Å². The lowest BCUT2D eigenvalue weighted by Gasteiger charge is -2.13. The molecular formula is C12H12ClNO2. The Bertz CT molecular complexity index is 454. The smallest absolute Gasteiger partial charge is 0.290 e. The first-order valence-electron chi connectivity index (χ1n) is 5.13. The maximum atomic E-state index is 11.6. The van der Waals surface area contributed by atoms with Crippen molar-refractivity contribution in [3.05, 3.63) is 34.9 Å². The monoisotopic (exact) mass is 237 g/mol. The van der Waals surface area contributed by atoms with E-state index in [9.17, 15) is 4.79 Å². The van der Waals surface area contributed by atoms with Gasteiger partial charge in [-0.05, 0) is 18.1 Å². The molecular weight excluding hydrogens is 226 g/mol. The Balaban J connectivity index is 2.29. The van der Waals surface area contributed by atoms with Crippen molar-refractivity contribution in [3.8, 4) is 0 Å². The molecule has 1 heterocycles. The Morgan fingerprint density at radius 3 is 2.62 bits per heavy atom. The van der Waals surface area contributed by atoms with Crippen LogP contribution in [0.15, 0.2) is 29.3 Å². The summed E-state index contributed by atoms with van der Waals surface area (Å²) >= 11 is 6.01. The zero-order valence-electron chi connectivity index (χ0n) is 9.11. The molecule has 1 aliphatic rings. The number of hydrogen-bond donors (Lipinski definition) is 0. The molecule has 1 unspecified atom stereocenters. The number of rotatable bonds is 2. The normalized spacial score (nSPS) is 19.9. The SMILES string of the molecule is CC(C)C1OC(c2ccccc2Cl)=NC1=O. The lowest BCUT2D eigenvalue weighted by atomic mass is 10.1. The van der Waals surface area contributed by atoms with Crippen LogP contribution in [0.1, 0.15) is 19.4 Å². The highest BCUT2D eigenvalue weighted by Gasteiger charge is 2.32. The first-order chi connectivity index (χ1) is 7.59. The number of amides is 1. The van der Waals surface area contributed by atoms with Crippen LogP contribution in [0.2, 0.25) is 5.02 Å². The van der Waals surface area contributed by atoms with Crippen LogP contribution in [-0.2, 0) is 9.53 Å². The van der Waals surface area contributed by atoms with E-state index in [1.165, 1.54) is 0 Å². The van der Waals surface area contributed by atoms with Gasteiger partial charge in [0.1, 0.15) is 0 Å². The Morgan fingerprint density at radius 1 is 1.38 bits per heavy atom. The highest BCUT2D eigenvalue weighted by Crippen LogP contribution is 2.23. The van der Waals surface area contributed by atoms with Crippen molar-refractivity contribution < 1.29 is 9.53 Å². The van der Waals surface area contributed by atoms with Crippen molar-refractivity contribution in [1.29, 1.82) is 0 Å². The molecule has 1 amide bonds. The second-order valence-electron chi connectivity index (χ2n) is 4.02. The van der Waals surface area contributed by atoms with Crippen molar-refractivity contribution in [2.24, 2.45) is 10.9 Å². The van der Waals surface area contributed by atoms with E-state index in [4.69, 9.17) is 16.3 Å². The second-order valence-corrected chi connectivity index (χ2v) is 4.42. The molecule has 1 aliphatic heterocycles. The van der Waals surface area contributed by atoms with Crippen molar-refractivity contribution in [3.63, 3.8) is 0 Å². The first-order valence-corrected chi connectivity index (χ1v) is 5.51. The highest BCUT2D eigenvalue weighted by molar-refractivity contribution is 6.34. The number of carbonyl (C=O) groups excluding carboxylic acids is 1. The molecule has 3 nitrogen and oxygen atoms in total. The van der Waals surface area contributed by atoms with Gasteiger partial charge in [-0.3, -0.25) is 4.79 Å². The van der Waals surface area contributed by atoms with Gasteiger partial charge in [0.15, 0.2) is 6.10 Å². The molecule has 0 saturated heterocycles. The molecule has 1 atom stereocenters. The summed E-state index contributed by atoms with van der Waals surface area (Å²) in [5, 5.41) is 0.540. The maximum Gasteiger partial charge on any atom is 0.290 e. The van der Waals surface area contributed by atoms with Crippen LogP contribution in [0.25, 0.3) is 0 Å².